The molecule has 0 aliphatic heterocycles. The minimum Gasteiger partial charge on any atom is -0.493 e. The predicted molar refractivity (Wildman–Crippen MR) is 115 cm³/mol. The summed E-state index contributed by atoms with van der Waals surface area (Å²) in [6.45, 7) is 5.86. The Labute approximate surface area is 171 Å². The van der Waals surface area contributed by atoms with Crippen molar-refractivity contribution in [3.05, 3.63) is 54.4 Å². The normalized spacial score (nSPS) is 10.6. The van der Waals surface area contributed by atoms with Crippen LogP contribution in [-0.4, -0.2) is 30.3 Å². The quantitative estimate of drug-likeness (QED) is 0.552. The highest BCUT2D eigenvalue weighted by molar-refractivity contribution is 5.65. The van der Waals surface area contributed by atoms with E-state index >= 15 is 0 Å². The largest absolute Gasteiger partial charge is 0.493 e. The molecule has 3 rings (SSSR count). The molecule has 7 nitrogen and oxygen atoms in total. The summed E-state index contributed by atoms with van der Waals surface area (Å²) in [5.41, 5.74) is 1.75. The smallest absolute Gasteiger partial charge is 0.162 e. The minimum absolute atomic E-state index is 0.142. The van der Waals surface area contributed by atoms with Crippen molar-refractivity contribution in [2.24, 2.45) is 0 Å². The summed E-state index contributed by atoms with van der Waals surface area (Å²) in [5, 5.41) is 6.58. The molecule has 1 aromatic heterocycles. The lowest BCUT2D eigenvalue weighted by Gasteiger charge is -2.13. The van der Waals surface area contributed by atoms with Gasteiger partial charge in [-0.15, -0.1) is 0 Å². The summed E-state index contributed by atoms with van der Waals surface area (Å²) in [6, 6.07) is 15.2. The number of anilines is 4. The Morgan fingerprint density at radius 2 is 1.34 bits per heavy atom. The van der Waals surface area contributed by atoms with Gasteiger partial charge >= 0.3 is 0 Å². The molecule has 1 heterocycles. The number of rotatable bonds is 8. The monoisotopic (exact) mass is 394 g/mol. The summed E-state index contributed by atoms with van der Waals surface area (Å²) in [6.07, 6.45) is 0.142. The molecule has 0 spiro atoms. The number of nitrogens with zero attached hydrogens (tertiary/aromatic N) is 2. The van der Waals surface area contributed by atoms with Crippen molar-refractivity contribution in [1.29, 1.82) is 0 Å². The average molecular weight is 394 g/mol. The molecule has 2 aromatic carbocycles. The minimum atomic E-state index is 0.142. The van der Waals surface area contributed by atoms with Gasteiger partial charge in [0.05, 0.1) is 20.3 Å². The van der Waals surface area contributed by atoms with Gasteiger partial charge in [-0.2, -0.15) is 0 Å². The van der Waals surface area contributed by atoms with Crippen molar-refractivity contribution in [3.63, 3.8) is 0 Å². The van der Waals surface area contributed by atoms with Gasteiger partial charge in [-0.05, 0) is 57.2 Å². The van der Waals surface area contributed by atoms with Crippen LogP contribution in [0.25, 0.3) is 0 Å². The van der Waals surface area contributed by atoms with Gasteiger partial charge < -0.3 is 24.8 Å². The van der Waals surface area contributed by atoms with E-state index in [-0.39, 0.29) is 6.10 Å². The van der Waals surface area contributed by atoms with Crippen LogP contribution in [0.4, 0.5) is 23.0 Å². The highest BCUT2D eigenvalue weighted by Crippen LogP contribution is 2.31. The fourth-order valence-corrected chi connectivity index (χ4v) is 2.79. The summed E-state index contributed by atoms with van der Waals surface area (Å²) in [4.78, 5) is 8.93. The van der Waals surface area contributed by atoms with Crippen molar-refractivity contribution in [3.8, 4) is 17.2 Å². The molecule has 0 saturated heterocycles. The Morgan fingerprint density at radius 3 is 1.93 bits per heavy atom. The molecule has 7 heteroatoms. The van der Waals surface area contributed by atoms with E-state index in [1.807, 2.05) is 69.3 Å². The fourth-order valence-electron chi connectivity index (χ4n) is 2.79. The van der Waals surface area contributed by atoms with Gasteiger partial charge in [0.25, 0.3) is 0 Å². The van der Waals surface area contributed by atoms with Gasteiger partial charge in [0.1, 0.15) is 23.2 Å². The van der Waals surface area contributed by atoms with Gasteiger partial charge in [-0.3, -0.25) is 0 Å². The second-order valence-electron chi connectivity index (χ2n) is 6.70. The molecule has 0 radical (unpaired) electrons. The Bertz CT molecular complexity index is 959. The topological polar surface area (TPSA) is 77.5 Å². The lowest BCUT2D eigenvalue weighted by molar-refractivity contribution is 0.242. The van der Waals surface area contributed by atoms with E-state index in [2.05, 4.69) is 20.6 Å². The Hall–Kier alpha value is -3.48. The van der Waals surface area contributed by atoms with E-state index in [1.54, 1.807) is 14.2 Å². The number of hydrogen-bond donors (Lipinski definition) is 2. The SMILES string of the molecule is COc1ccc(Nc2cc(Nc3ccc(OC(C)C)cc3)nc(C)n2)cc1OC. The molecule has 2 N–H and O–H groups in total. The van der Waals surface area contributed by atoms with Crippen LogP contribution in [-0.2, 0) is 0 Å². The van der Waals surface area contributed by atoms with Crippen LogP contribution < -0.4 is 24.8 Å². The Balaban J connectivity index is 1.76. The van der Waals surface area contributed by atoms with Crippen LogP contribution in [0.1, 0.15) is 19.7 Å². The van der Waals surface area contributed by atoms with Gasteiger partial charge in [-0.1, -0.05) is 0 Å². The lowest BCUT2D eigenvalue weighted by atomic mass is 10.2. The molecular weight excluding hydrogens is 368 g/mol. The molecule has 0 aliphatic carbocycles. The highest BCUT2D eigenvalue weighted by Gasteiger charge is 2.07. The van der Waals surface area contributed by atoms with E-state index in [0.717, 1.165) is 17.1 Å². The highest BCUT2D eigenvalue weighted by atomic mass is 16.5. The molecule has 3 aromatic rings. The van der Waals surface area contributed by atoms with Gasteiger partial charge in [0.15, 0.2) is 11.5 Å². The molecular formula is C22H26N4O3. The molecule has 0 saturated carbocycles. The zero-order valence-corrected chi connectivity index (χ0v) is 17.3. The van der Waals surface area contributed by atoms with Crippen LogP contribution in [0, 0.1) is 6.92 Å². The number of benzene rings is 2. The molecule has 0 amide bonds. The van der Waals surface area contributed by atoms with Crippen molar-refractivity contribution < 1.29 is 14.2 Å². The first-order valence-electron chi connectivity index (χ1n) is 9.35. The molecule has 0 aliphatic rings. The first-order chi connectivity index (χ1) is 14.0. The number of aromatic nitrogens is 2. The van der Waals surface area contributed by atoms with Crippen molar-refractivity contribution in [1.82, 2.24) is 9.97 Å². The Kier molecular flexibility index (Phi) is 6.39. The first-order valence-corrected chi connectivity index (χ1v) is 9.35. The third kappa shape index (κ3) is 5.51. The lowest BCUT2D eigenvalue weighted by Crippen LogP contribution is -2.05. The third-order valence-electron chi connectivity index (χ3n) is 3.99. The molecule has 0 atom stereocenters. The van der Waals surface area contributed by atoms with Crippen molar-refractivity contribution in [2.75, 3.05) is 24.9 Å². The second-order valence-corrected chi connectivity index (χ2v) is 6.70. The van der Waals surface area contributed by atoms with Crippen molar-refractivity contribution >= 4 is 23.0 Å². The maximum Gasteiger partial charge on any atom is 0.162 e. The zero-order chi connectivity index (χ0) is 20.8. The summed E-state index contributed by atoms with van der Waals surface area (Å²) >= 11 is 0. The van der Waals surface area contributed by atoms with E-state index < -0.39 is 0 Å². The number of hydrogen-bond acceptors (Lipinski definition) is 7. The standard InChI is InChI=1S/C22H26N4O3/c1-14(2)29-18-9-6-16(7-10-18)25-21-13-22(24-15(3)23-21)26-17-8-11-19(27-4)20(12-17)28-5/h6-14H,1-5H3,(H2,23,24,25,26). The van der Waals surface area contributed by atoms with Crippen LogP contribution in [0.5, 0.6) is 17.2 Å². The summed E-state index contributed by atoms with van der Waals surface area (Å²) in [7, 11) is 3.22. The number of aryl methyl sites for hydroxylation is 1. The maximum atomic E-state index is 5.68. The molecule has 152 valence electrons. The Morgan fingerprint density at radius 1 is 0.759 bits per heavy atom. The molecule has 0 fully saturated rings. The van der Waals surface area contributed by atoms with Gasteiger partial charge in [0, 0.05) is 23.5 Å². The average Bonchev–Trinajstić information content (AvgIpc) is 2.68. The number of ether oxygens (including phenoxy) is 3. The van der Waals surface area contributed by atoms with Crippen LogP contribution in [0.15, 0.2) is 48.5 Å². The van der Waals surface area contributed by atoms with Gasteiger partial charge in [-0.25, -0.2) is 9.97 Å². The van der Waals surface area contributed by atoms with Gasteiger partial charge in [0.2, 0.25) is 0 Å². The molecule has 0 unspecified atom stereocenters. The maximum absolute atomic E-state index is 5.68. The number of nitrogens with one attached hydrogen (secondary N) is 2. The van der Waals surface area contributed by atoms with E-state index in [1.165, 1.54) is 0 Å². The third-order valence-corrected chi connectivity index (χ3v) is 3.99. The van der Waals surface area contributed by atoms with Crippen LogP contribution in [0.3, 0.4) is 0 Å². The van der Waals surface area contributed by atoms with Crippen LogP contribution >= 0.6 is 0 Å². The first kappa shape index (κ1) is 20.3. The molecule has 29 heavy (non-hydrogen) atoms. The molecule has 0 bridgehead atoms. The van der Waals surface area contributed by atoms with E-state index in [4.69, 9.17) is 14.2 Å². The summed E-state index contributed by atoms with van der Waals surface area (Å²) in [5.74, 6) is 4.16. The van der Waals surface area contributed by atoms with E-state index in [0.29, 0.717) is 29.0 Å². The zero-order valence-electron chi connectivity index (χ0n) is 17.3. The van der Waals surface area contributed by atoms with Crippen LogP contribution in [0.2, 0.25) is 0 Å². The summed E-state index contributed by atoms with van der Waals surface area (Å²) < 4.78 is 16.3. The number of methoxy groups -OCH3 is 2. The second kappa shape index (κ2) is 9.14. The van der Waals surface area contributed by atoms with E-state index in [9.17, 15) is 0 Å². The fraction of sp³-hybridized carbons (Fsp3) is 0.273. The predicted octanol–water partition coefficient (Wildman–Crippen LogP) is 5.08. The van der Waals surface area contributed by atoms with Crippen molar-refractivity contribution in [2.45, 2.75) is 26.9 Å².